The Morgan fingerprint density at radius 3 is 2.11 bits per heavy atom. The normalized spacial score (nSPS) is 46.8. The molecule has 11 heteroatoms. The van der Waals surface area contributed by atoms with E-state index in [1.54, 1.807) is 20.8 Å². The number of carbonyl (C=O) groups is 3. The molecule has 3 rings (SSSR count). The number of Topliss-reactive ketones (excluding diaryl/α,β-unsaturated/α-hetero) is 2. The first-order valence-corrected chi connectivity index (χ1v) is 21.2. The first kappa shape index (κ1) is 48.1. The van der Waals surface area contributed by atoms with Crippen molar-refractivity contribution in [3.8, 4) is 0 Å². The minimum absolute atomic E-state index is 0.168. The highest BCUT2D eigenvalue weighted by molar-refractivity contribution is 5.91. The second kappa shape index (κ2) is 20.6. The van der Waals surface area contributed by atoms with Crippen molar-refractivity contribution >= 4 is 17.5 Å². The number of aliphatic hydroxyl groups is 5. The highest BCUT2D eigenvalue weighted by Gasteiger charge is 2.56. The van der Waals surface area contributed by atoms with Crippen LogP contribution in [0.15, 0.2) is 36.5 Å². The van der Waals surface area contributed by atoms with Gasteiger partial charge in [-0.25, -0.2) is 4.79 Å². The number of ether oxygens (including phenoxy) is 3. The number of ketones is 2. The molecule has 0 aliphatic carbocycles. The van der Waals surface area contributed by atoms with E-state index in [1.165, 1.54) is 39.8 Å². The molecule has 0 aromatic carbocycles. The van der Waals surface area contributed by atoms with Crippen LogP contribution in [0.3, 0.4) is 0 Å². The molecule has 0 saturated carbocycles. The van der Waals surface area contributed by atoms with Crippen molar-refractivity contribution in [1.82, 2.24) is 0 Å². The van der Waals surface area contributed by atoms with Crippen LogP contribution in [0.5, 0.6) is 0 Å². The lowest BCUT2D eigenvalue weighted by Gasteiger charge is -2.55. The molecule has 2 fully saturated rings. The lowest BCUT2D eigenvalue weighted by atomic mass is 9.74. The van der Waals surface area contributed by atoms with Crippen molar-refractivity contribution < 1.29 is 54.1 Å². The zero-order chi connectivity index (χ0) is 42.3. The maximum atomic E-state index is 13.5. The third kappa shape index (κ3) is 11.5. The molecular formula is C45H74O11. The Labute approximate surface area is 336 Å². The Bertz CT molecular complexity index is 1390. The molecule has 11 nitrogen and oxygen atoms in total. The molecule has 2 bridgehead atoms. The van der Waals surface area contributed by atoms with Gasteiger partial charge in [0, 0.05) is 48.0 Å². The molecule has 0 aromatic rings. The van der Waals surface area contributed by atoms with E-state index in [-0.39, 0.29) is 35.9 Å². The molecule has 9 unspecified atom stereocenters. The van der Waals surface area contributed by atoms with Gasteiger partial charge in [-0.2, -0.15) is 0 Å². The molecule has 320 valence electrons. The van der Waals surface area contributed by atoms with Gasteiger partial charge in [0.25, 0.3) is 0 Å². The van der Waals surface area contributed by atoms with Crippen molar-refractivity contribution in [3.63, 3.8) is 0 Å². The second-order valence-electron chi connectivity index (χ2n) is 18.0. The Hall–Kier alpha value is -2.25. The summed E-state index contributed by atoms with van der Waals surface area (Å²) in [6.07, 6.45) is 9.62. The molecule has 0 amide bonds. The van der Waals surface area contributed by atoms with Crippen molar-refractivity contribution in [3.05, 3.63) is 36.5 Å². The van der Waals surface area contributed by atoms with Crippen LogP contribution in [0.4, 0.5) is 0 Å². The van der Waals surface area contributed by atoms with Crippen LogP contribution in [-0.2, 0) is 28.6 Å². The van der Waals surface area contributed by atoms with Crippen LogP contribution < -0.4 is 0 Å². The molecule has 3 aliphatic heterocycles. The van der Waals surface area contributed by atoms with Gasteiger partial charge >= 0.3 is 5.97 Å². The van der Waals surface area contributed by atoms with E-state index in [0.29, 0.717) is 25.7 Å². The smallest absolute Gasteiger partial charge is 0.330 e. The van der Waals surface area contributed by atoms with E-state index in [0.717, 1.165) is 19.3 Å². The number of fused-ring (bicyclic) bond motifs is 2. The van der Waals surface area contributed by atoms with E-state index >= 15 is 0 Å². The minimum Gasteiger partial charge on any atom is -0.458 e. The molecule has 0 aromatic heterocycles. The van der Waals surface area contributed by atoms with Gasteiger partial charge in [0.1, 0.15) is 17.5 Å². The largest absolute Gasteiger partial charge is 0.458 e. The monoisotopic (exact) mass is 791 g/mol. The minimum atomic E-state index is -2.18. The van der Waals surface area contributed by atoms with Crippen LogP contribution in [0, 0.1) is 53.3 Å². The van der Waals surface area contributed by atoms with Gasteiger partial charge in [0.2, 0.25) is 0 Å². The summed E-state index contributed by atoms with van der Waals surface area (Å²) in [4.78, 5) is 40.5. The maximum Gasteiger partial charge on any atom is 0.330 e. The number of rotatable bonds is 3. The van der Waals surface area contributed by atoms with Gasteiger partial charge in [-0.1, -0.05) is 92.7 Å². The number of hydrogen-bond donors (Lipinski definition) is 5. The lowest BCUT2D eigenvalue weighted by molar-refractivity contribution is -0.371. The van der Waals surface area contributed by atoms with E-state index in [4.69, 9.17) is 14.2 Å². The molecule has 1 spiro atoms. The first-order valence-electron chi connectivity index (χ1n) is 21.2. The summed E-state index contributed by atoms with van der Waals surface area (Å²) in [6.45, 7) is 19.1. The zero-order valence-corrected chi connectivity index (χ0v) is 35.8. The van der Waals surface area contributed by atoms with Crippen LogP contribution in [0.1, 0.15) is 121 Å². The summed E-state index contributed by atoms with van der Waals surface area (Å²) in [7, 11) is 0. The predicted octanol–water partition coefficient (Wildman–Crippen LogP) is 5.88. The highest BCUT2D eigenvalue weighted by Crippen LogP contribution is 2.49. The van der Waals surface area contributed by atoms with Gasteiger partial charge in [-0.15, -0.1) is 0 Å². The van der Waals surface area contributed by atoms with Crippen molar-refractivity contribution in [2.45, 2.75) is 175 Å². The third-order valence-corrected chi connectivity index (χ3v) is 13.4. The summed E-state index contributed by atoms with van der Waals surface area (Å²) in [6, 6.07) is 0. The maximum absolute atomic E-state index is 13.5. The van der Waals surface area contributed by atoms with Crippen molar-refractivity contribution in [2.24, 2.45) is 53.3 Å². The molecule has 5 N–H and O–H groups in total. The average molecular weight is 791 g/mol. The molecule has 3 heterocycles. The van der Waals surface area contributed by atoms with Crippen molar-refractivity contribution in [2.75, 3.05) is 0 Å². The summed E-state index contributed by atoms with van der Waals surface area (Å²) in [5.41, 5.74) is -2.18. The molecule has 18 atom stereocenters. The van der Waals surface area contributed by atoms with Gasteiger partial charge in [0.05, 0.1) is 36.6 Å². The Morgan fingerprint density at radius 1 is 0.839 bits per heavy atom. The molecule has 3 aliphatic rings. The summed E-state index contributed by atoms with van der Waals surface area (Å²) >= 11 is 0. The number of esters is 1. The highest BCUT2D eigenvalue weighted by atomic mass is 16.7. The molecule has 0 radical (unpaired) electrons. The number of hydrogen-bond acceptors (Lipinski definition) is 11. The van der Waals surface area contributed by atoms with Gasteiger partial charge in [0.15, 0.2) is 11.6 Å². The molecular weight excluding hydrogens is 716 g/mol. The predicted molar refractivity (Wildman–Crippen MR) is 215 cm³/mol. The van der Waals surface area contributed by atoms with E-state index in [2.05, 4.69) is 19.9 Å². The fraction of sp³-hybridized carbons (Fsp3) is 0.800. The van der Waals surface area contributed by atoms with E-state index in [1.807, 2.05) is 32.1 Å². The van der Waals surface area contributed by atoms with Crippen LogP contribution in [0.25, 0.3) is 0 Å². The molecule has 2 saturated heterocycles. The summed E-state index contributed by atoms with van der Waals surface area (Å²) in [5.74, 6) is -7.28. The van der Waals surface area contributed by atoms with E-state index in [9.17, 15) is 39.9 Å². The Morgan fingerprint density at radius 2 is 1.48 bits per heavy atom. The topological polar surface area (TPSA) is 180 Å². The average Bonchev–Trinajstić information content (AvgIpc) is 3.16. The fourth-order valence-electron chi connectivity index (χ4n) is 9.01. The van der Waals surface area contributed by atoms with Crippen molar-refractivity contribution in [1.29, 1.82) is 0 Å². The van der Waals surface area contributed by atoms with Gasteiger partial charge in [-0.05, 0) is 70.1 Å². The Balaban J connectivity index is 1.99. The van der Waals surface area contributed by atoms with Gasteiger partial charge in [-0.3, -0.25) is 9.59 Å². The zero-order valence-electron chi connectivity index (χ0n) is 35.8. The standard InChI is InChI=1S/C45H74O11/c1-12-34-17-15-13-14-16-27(4)42(51)44(11,53)43(52)32(9)40(50)31(8)39(49)30(7)38(48)26(3)18-21-37(47)54-41-29(6)35(20-19-34)55-45(33(41)10)23-22-25(2)36(56-45)24-28(5)46/h13-15,17-18,21,25-36,38,40-42,46,48,50-51,53H,12,16,19-20,22-24H2,1-11H3/b14-13+,17-15+,21-18+/t25-,26?,27?,28+,29+,30-,31?,32-,33-,34?,35?,36?,38+,40?,41?,42?,44+,45-/m1/s1. The summed E-state index contributed by atoms with van der Waals surface area (Å²) < 4.78 is 20.0. The second-order valence-corrected chi connectivity index (χ2v) is 18.0. The number of carbonyl (C=O) groups excluding carboxylic acids is 3. The van der Waals surface area contributed by atoms with Crippen LogP contribution in [-0.4, -0.2) is 97.2 Å². The fourth-order valence-corrected chi connectivity index (χ4v) is 9.01. The van der Waals surface area contributed by atoms with Crippen LogP contribution >= 0.6 is 0 Å². The quantitative estimate of drug-likeness (QED) is 0.216. The molecule has 56 heavy (non-hydrogen) atoms. The summed E-state index contributed by atoms with van der Waals surface area (Å²) in [5, 5.41) is 55.0. The SMILES string of the molecule is CCC1/C=C/C=C/CC(C)C(O)[C@](C)(O)C(=O)[C@H](C)C(O)C(C)C(=O)[C@H](C)[C@@H](O)C(C)/C=C/C(=O)OC2[C@@H](C)C(CC1)O[C@@]1(CC[C@@H](C)C(C[C@H](C)O)O1)[C@@H]2C. The number of allylic oxidation sites excluding steroid dienone is 4. The van der Waals surface area contributed by atoms with E-state index < -0.39 is 89.0 Å². The number of aliphatic hydroxyl groups excluding tert-OH is 4. The third-order valence-electron chi connectivity index (χ3n) is 13.4. The van der Waals surface area contributed by atoms with Gasteiger partial charge < -0.3 is 39.7 Å². The first-order chi connectivity index (χ1) is 26.1. The van der Waals surface area contributed by atoms with Crippen LogP contribution in [0.2, 0.25) is 0 Å². The lowest BCUT2D eigenvalue weighted by Crippen LogP contribution is -2.62. The Kier molecular flexibility index (Phi) is 17.7.